The molecular weight excluding hydrogens is 258 g/mol. The normalized spacial score (nSPS) is 14.3. The molecule has 13 heavy (non-hydrogen) atoms. The zero-order valence-corrected chi connectivity index (χ0v) is 9.39. The molecule has 0 aromatic carbocycles. The molecule has 0 radical (unpaired) electrons. The summed E-state index contributed by atoms with van der Waals surface area (Å²) in [5, 5.41) is 0.653. The first-order valence-electron chi connectivity index (χ1n) is 3.63. The number of alkyl halides is 1. The minimum absolute atomic E-state index is 0.0836. The van der Waals surface area contributed by atoms with Crippen molar-refractivity contribution < 1.29 is 8.42 Å². The van der Waals surface area contributed by atoms with Gasteiger partial charge in [-0.15, -0.1) is 0 Å². The predicted molar refractivity (Wildman–Crippen MR) is 52.2 cm³/mol. The topological polar surface area (TPSA) is 74.8 Å². The summed E-state index contributed by atoms with van der Waals surface area (Å²) in [6, 6.07) is -0.145. The van der Waals surface area contributed by atoms with Gasteiger partial charge in [0.25, 0.3) is 10.0 Å². The minimum Gasteiger partial charge on any atom is -0.335 e. The average Bonchev–Trinajstić information content (AvgIpc) is 2.55. The Labute approximate surface area is 85.1 Å². The zero-order valence-electron chi connectivity index (χ0n) is 6.99. The fourth-order valence-electron chi connectivity index (χ4n) is 0.750. The van der Waals surface area contributed by atoms with E-state index in [0.717, 1.165) is 0 Å². The van der Waals surface area contributed by atoms with Crippen LogP contribution in [0.4, 0.5) is 0 Å². The number of aromatic amines is 1. The van der Waals surface area contributed by atoms with Gasteiger partial charge in [-0.25, -0.2) is 18.1 Å². The van der Waals surface area contributed by atoms with E-state index < -0.39 is 10.0 Å². The first-order chi connectivity index (χ1) is 6.06. The summed E-state index contributed by atoms with van der Waals surface area (Å²) in [5.41, 5.74) is 0. The molecule has 0 aliphatic heterocycles. The number of halogens is 1. The van der Waals surface area contributed by atoms with Crippen LogP contribution < -0.4 is 4.72 Å². The van der Waals surface area contributed by atoms with Crippen LogP contribution in [0.25, 0.3) is 0 Å². The highest BCUT2D eigenvalue weighted by atomic mass is 79.9. The number of hydrogen-bond donors (Lipinski definition) is 2. The van der Waals surface area contributed by atoms with E-state index in [1.165, 1.54) is 12.5 Å². The van der Waals surface area contributed by atoms with Gasteiger partial charge in [-0.1, -0.05) is 15.9 Å². The van der Waals surface area contributed by atoms with Crippen LogP contribution in [0.5, 0.6) is 0 Å². The molecule has 0 spiro atoms. The van der Waals surface area contributed by atoms with Crippen molar-refractivity contribution in [2.75, 3.05) is 5.33 Å². The quantitative estimate of drug-likeness (QED) is 0.779. The van der Waals surface area contributed by atoms with E-state index in [-0.39, 0.29) is 11.1 Å². The van der Waals surface area contributed by atoms with Crippen molar-refractivity contribution in [2.24, 2.45) is 0 Å². The zero-order chi connectivity index (χ0) is 9.90. The van der Waals surface area contributed by atoms with E-state index in [2.05, 4.69) is 30.6 Å². The Morgan fingerprint density at radius 2 is 2.46 bits per heavy atom. The standard InChI is InChI=1S/C6H10BrN3O2S/c1-5(2-7)10-13(11,12)6-3-8-4-9-6/h3-5,10H,2H2,1H3,(H,8,9). The van der Waals surface area contributed by atoms with Gasteiger partial charge < -0.3 is 4.98 Å². The van der Waals surface area contributed by atoms with E-state index in [1.807, 2.05) is 0 Å². The second-order valence-corrected chi connectivity index (χ2v) is 4.92. The van der Waals surface area contributed by atoms with Gasteiger partial charge >= 0.3 is 0 Å². The molecule has 5 nitrogen and oxygen atoms in total. The van der Waals surface area contributed by atoms with Crippen LogP contribution in [0, 0.1) is 0 Å². The third-order valence-electron chi connectivity index (χ3n) is 1.35. The lowest BCUT2D eigenvalue weighted by Gasteiger charge is -2.09. The van der Waals surface area contributed by atoms with Gasteiger partial charge in [0.05, 0.1) is 12.5 Å². The van der Waals surface area contributed by atoms with Gasteiger partial charge in [-0.3, -0.25) is 0 Å². The molecular formula is C6H10BrN3O2S. The Kier molecular flexibility index (Phi) is 3.46. The van der Waals surface area contributed by atoms with Crippen LogP contribution in [-0.4, -0.2) is 29.8 Å². The van der Waals surface area contributed by atoms with Crippen LogP contribution in [-0.2, 0) is 10.0 Å². The minimum atomic E-state index is -3.43. The molecule has 1 aromatic rings. The molecule has 1 aromatic heterocycles. The molecule has 7 heteroatoms. The van der Waals surface area contributed by atoms with Crippen molar-refractivity contribution >= 4 is 26.0 Å². The lowest BCUT2D eigenvalue weighted by Crippen LogP contribution is -2.33. The van der Waals surface area contributed by atoms with Crippen LogP contribution in [0.1, 0.15) is 6.92 Å². The number of H-pyrrole nitrogens is 1. The highest BCUT2D eigenvalue weighted by Crippen LogP contribution is 2.03. The summed E-state index contributed by atoms with van der Waals surface area (Å²) in [7, 11) is -3.43. The Morgan fingerprint density at radius 3 is 2.92 bits per heavy atom. The maximum Gasteiger partial charge on any atom is 0.257 e. The predicted octanol–water partition coefficient (Wildman–Crippen LogP) is 0.471. The molecule has 1 rings (SSSR count). The molecule has 0 fully saturated rings. The number of nitrogens with one attached hydrogen (secondary N) is 2. The van der Waals surface area contributed by atoms with Crippen LogP contribution in [0.15, 0.2) is 17.6 Å². The molecule has 0 amide bonds. The lowest BCUT2D eigenvalue weighted by molar-refractivity contribution is 0.568. The van der Waals surface area contributed by atoms with E-state index in [1.54, 1.807) is 6.92 Å². The van der Waals surface area contributed by atoms with Crippen LogP contribution >= 0.6 is 15.9 Å². The summed E-state index contributed by atoms with van der Waals surface area (Å²) < 4.78 is 25.4. The second kappa shape index (κ2) is 4.21. The van der Waals surface area contributed by atoms with Crippen molar-refractivity contribution in [1.29, 1.82) is 0 Å². The highest BCUT2D eigenvalue weighted by molar-refractivity contribution is 9.09. The summed E-state index contributed by atoms with van der Waals surface area (Å²) in [6.07, 6.45) is 2.59. The van der Waals surface area contributed by atoms with Crippen molar-refractivity contribution in [2.45, 2.75) is 18.0 Å². The molecule has 2 N–H and O–H groups in total. The summed E-state index contributed by atoms with van der Waals surface area (Å²) in [4.78, 5) is 6.17. The van der Waals surface area contributed by atoms with Crippen molar-refractivity contribution in [3.63, 3.8) is 0 Å². The molecule has 0 bridgehead atoms. The largest absolute Gasteiger partial charge is 0.335 e. The molecule has 0 aliphatic rings. The first-order valence-corrected chi connectivity index (χ1v) is 6.23. The Morgan fingerprint density at radius 1 is 1.77 bits per heavy atom. The Hall–Kier alpha value is -0.400. The van der Waals surface area contributed by atoms with Crippen LogP contribution in [0.2, 0.25) is 0 Å². The molecule has 0 saturated heterocycles. The summed E-state index contributed by atoms with van der Waals surface area (Å²) >= 11 is 3.18. The maximum absolute atomic E-state index is 11.5. The van der Waals surface area contributed by atoms with Crippen molar-refractivity contribution in [3.8, 4) is 0 Å². The number of sulfonamides is 1. The van der Waals surface area contributed by atoms with Crippen molar-refractivity contribution in [3.05, 3.63) is 12.5 Å². The van der Waals surface area contributed by atoms with Gasteiger partial charge in [0.15, 0.2) is 5.03 Å². The average molecular weight is 268 g/mol. The smallest absolute Gasteiger partial charge is 0.257 e. The van der Waals surface area contributed by atoms with Gasteiger partial charge in [0.2, 0.25) is 0 Å². The van der Waals surface area contributed by atoms with E-state index >= 15 is 0 Å². The molecule has 1 heterocycles. The molecule has 1 atom stereocenters. The van der Waals surface area contributed by atoms with Crippen LogP contribution in [0.3, 0.4) is 0 Å². The molecule has 0 saturated carbocycles. The van der Waals surface area contributed by atoms with E-state index in [0.29, 0.717) is 5.33 Å². The van der Waals surface area contributed by atoms with Gasteiger partial charge in [-0.05, 0) is 6.92 Å². The monoisotopic (exact) mass is 267 g/mol. The number of hydrogen-bond acceptors (Lipinski definition) is 3. The fourth-order valence-corrected chi connectivity index (χ4v) is 2.27. The third-order valence-corrected chi connectivity index (χ3v) is 3.84. The number of nitrogens with zero attached hydrogens (tertiary/aromatic N) is 1. The number of imidazole rings is 1. The molecule has 0 aliphatic carbocycles. The summed E-state index contributed by atoms with van der Waals surface area (Å²) in [5.74, 6) is 0. The number of aromatic nitrogens is 2. The first kappa shape index (κ1) is 10.7. The Bertz CT molecular complexity index is 348. The molecule has 1 unspecified atom stereocenters. The van der Waals surface area contributed by atoms with Crippen molar-refractivity contribution in [1.82, 2.24) is 14.7 Å². The van der Waals surface area contributed by atoms with Gasteiger partial charge in [0.1, 0.15) is 0 Å². The summed E-state index contributed by atoms with van der Waals surface area (Å²) in [6.45, 7) is 1.77. The van der Waals surface area contributed by atoms with Gasteiger partial charge in [0, 0.05) is 11.4 Å². The fraction of sp³-hybridized carbons (Fsp3) is 0.500. The SMILES string of the molecule is CC(CBr)NS(=O)(=O)c1cnc[nH]1. The van der Waals surface area contributed by atoms with E-state index in [9.17, 15) is 8.42 Å². The lowest BCUT2D eigenvalue weighted by atomic mass is 10.4. The number of rotatable bonds is 4. The maximum atomic E-state index is 11.5. The van der Waals surface area contributed by atoms with E-state index in [4.69, 9.17) is 0 Å². The highest BCUT2D eigenvalue weighted by Gasteiger charge is 2.17. The van der Waals surface area contributed by atoms with Gasteiger partial charge in [-0.2, -0.15) is 0 Å². The Balaban J connectivity index is 2.79. The third kappa shape index (κ3) is 2.78. The second-order valence-electron chi connectivity index (χ2n) is 2.59. The molecule has 74 valence electrons.